The van der Waals surface area contributed by atoms with Crippen LogP contribution in [0, 0.1) is 0 Å². The highest BCUT2D eigenvalue weighted by Crippen LogP contribution is 2.33. The van der Waals surface area contributed by atoms with Crippen LogP contribution in [0.5, 0.6) is 0 Å². The van der Waals surface area contributed by atoms with Gasteiger partial charge in [-0.25, -0.2) is 0 Å². The van der Waals surface area contributed by atoms with E-state index in [1.807, 2.05) is 28.2 Å². The molecule has 3 rings (SSSR count). The molecular formula is C28H42N2O6. The second-order valence-corrected chi connectivity index (χ2v) is 9.03. The fourth-order valence-electron chi connectivity index (χ4n) is 3.84. The summed E-state index contributed by atoms with van der Waals surface area (Å²) < 4.78 is 34.4. The van der Waals surface area contributed by atoms with Crippen molar-refractivity contribution in [3.63, 3.8) is 0 Å². The standard InChI is InChI=1S/C28H42N2O6/c1-29(2)25-5-7-27-23(19-25)21-35-17-15-33-13-11-31-9-10-32-12-14-34-16-18-36-22-24-20-26(30(3)4)6-8-28(24)27/h5-8,19-20H,9-18,21-22H2,1-4H3. The molecule has 0 unspecified atom stereocenters. The monoisotopic (exact) mass is 502 g/mol. The highest BCUT2D eigenvalue weighted by atomic mass is 16.6. The highest BCUT2D eigenvalue weighted by molar-refractivity contribution is 5.75. The van der Waals surface area contributed by atoms with Crippen LogP contribution >= 0.6 is 0 Å². The number of benzene rings is 2. The Morgan fingerprint density at radius 3 is 1.06 bits per heavy atom. The molecule has 2 aromatic rings. The van der Waals surface area contributed by atoms with Gasteiger partial charge in [0.1, 0.15) is 0 Å². The summed E-state index contributed by atoms with van der Waals surface area (Å²) in [6.45, 7) is 6.32. The second-order valence-electron chi connectivity index (χ2n) is 9.03. The zero-order chi connectivity index (χ0) is 25.6. The minimum Gasteiger partial charge on any atom is -0.378 e. The van der Waals surface area contributed by atoms with Crippen molar-refractivity contribution < 1.29 is 28.4 Å². The van der Waals surface area contributed by atoms with Crippen LogP contribution in [0.3, 0.4) is 0 Å². The van der Waals surface area contributed by atoms with Gasteiger partial charge in [0.05, 0.1) is 79.3 Å². The molecule has 0 bridgehead atoms. The first-order valence-electron chi connectivity index (χ1n) is 12.6. The molecule has 0 aromatic heterocycles. The molecule has 0 atom stereocenters. The summed E-state index contributed by atoms with van der Waals surface area (Å²) in [5, 5.41) is 0. The molecule has 0 fully saturated rings. The minimum absolute atomic E-state index is 0.498. The fraction of sp³-hybridized carbons (Fsp3) is 0.571. The van der Waals surface area contributed by atoms with Gasteiger partial charge in [-0.3, -0.25) is 0 Å². The smallest absolute Gasteiger partial charge is 0.0724 e. The van der Waals surface area contributed by atoms with Crippen LogP contribution in [0.15, 0.2) is 36.4 Å². The van der Waals surface area contributed by atoms with Gasteiger partial charge in [-0.2, -0.15) is 0 Å². The summed E-state index contributed by atoms with van der Waals surface area (Å²) in [5.41, 5.74) is 6.83. The average molecular weight is 503 g/mol. The molecular weight excluding hydrogens is 460 g/mol. The maximum atomic E-state index is 6.02. The third-order valence-electron chi connectivity index (χ3n) is 5.88. The summed E-state index contributed by atoms with van der Waals surface area (Å²) in [5.74, 6) is 0. The Bertz CT molecular complexity index is 832. The number of ether oxygens (including phenoxy) is 6. The molecule has 200 valence electrons. The number of anilines is 2. The molecule has 2 aromatic carbocycles. The largest absolute Gasteiger partial charge is 0.378 e. The van der Waals surface area contributed by atoms with Crippen molar-refractivity contribution in [2.45, 2.75) is 13.2 Å². The predicted molar refractivity (Wildman–Crippen MR) is 143 cm³/mol. The lowest BCUT2D eigenvalue weighted by atomic mass is 9.94. The molecule has 0 N–H and O–H groups in total. The topological polar surface area (TPSA) is 61.9 Å². The van der Waals surface area contributed by atoms with Crippen molar-refractivity contribution in [2.24, 2.45) is 0 Å². The fourth-order valence-corrected chi connectivity index (χ4v) is 3.84. The van der Waals surface area contributed by atoms with Crippen molar-refractivity contribution in [1.82, 2.24) is 0 Å². The van der Waals surface area contributed by atoms with E-state index in [2.05, 4.69) is 46.2 Å². The summed E-state index contributed by atoms with van der Waals surface area (Å²) in [6.07, 6.45) is 0. The first-order valence-corrected chi connectivity index (χ1v) is 12.6. The van der Waals surface area contributed by atoms with E-state index >= 15 is 0 Å². The van der Waals surface area contributed by atoms with Gasteiger partial charge >= 0.3 is 0 Å². The molecule has 1 heterocycles. The Morgan fingerprint density at radius 1 is 0.444 bits per heavy atom. The highest BCUT2D eigenvalue weighted by Gasteiger charge is 2.14. The first-order chi connectivity index (χ1) is 17.6. The van der Waals surface area contributed by atoms with Crippen LogP contribution < -0.4 is 9.80 Å². The maximum absolute atomic E-state index is 6.02. The van der Waals surface area contributed by atoms with Crippen molar-refractivity contribution in [3.05, 3.63) is 47.5 Å². The molecule has 0 saturated carbocycles. The number of nitrogens with zero attached hydrogens (tertiary/aromatic N) is 2. The number of hydrogen-bond donors (Lipinski definition) is 0. The molecule has 8 nitrogen and oxygen atoms in total. The van der Waals surface area contributed by atoms with Gasteiger partial charge in [-0.05, 0) is 46.5 Å². The Hall–Kier alpha value is -2.20. The molecule has 0 radical (unpaired) electrons. The Labute approximate surface area is 216 Å². The predicted octanol–water partition coefficient (Wildman–Crippen LogP) is 3.60. The quantitative estimate of drug-likeness (QED) is 0.618. The lowest BCUT2D eigenvalue weighted by molar-refractivity contribution is -0.0186. The van der Waals surface area contributed by atoms with E-state index < -0.39 is 0 Å². The van der Waals surface area contributed by atoms with Crippen LogP contribution in [-0.4, -0.2) is 94.3 Å². The Morgan fingerprint density at radius 2 is 0.750 bits per heavy atom. The van der Waals surface area contributed by atoms with Gasteiger partial charge in [-0.1, -0.05) is 12.1 Å². The summed E-state index contributed by atoms with van der Waals surface area (Å²) in [6, 6.07) is 13.0. The molecule has 1 aliphatic heterocycles. The average Bonchev–Trinajstić information content (AvgIpc) is 2.87. The third-order valence-corrected chi connectivity index (χ3v) is 5.88. The molecule has 36 heavy (non-hydrogen) atoms. The van der Waals surface area contributed by atoms with E-state index in [0.29, 0.717) is 79.3 Å². The van der Waals surface area contributed by atoms with Crippen molar-refractivity contribution in [3.8, 4) is 11.1 Å². The molecule has 0 aliphatic carbocycles. The van der Waals surface area contributed by atoms with Crippen LogP contribution in [0.25, 0.3) is 11.1 Å². The summed E-state index contributed by atoms with van der Waals surface area (Å²) >= 11 is 0. The van der Waals surface area contributed by atoms with Gasteiger partial charge in [0.25, 0.3) is 0 Å². The van der Waals surface area contributed by atoms with Gasteiger partial charge in [-0.15, -0.1) is 0 Å². The zero-order valence-electron chi connectivity index (χ0n) is 22.3. The van der Waals surface area contributed by atoms with Gasteiger partial charge < -0.3 is 38.2 Å². The van der Waals surface area contributed by atoms with Gasteiger partial charge in [0.2, 0.25) is 0 Å². The summed E-state index contributed by atoms with van der Waals surface area (Å²) in [7, 11) is 8.20. The van der Waals surface area contributed by atoms with Crippen LogP contribution in [0.1, 0.15) is 11.1 Å². The van der Waals surface area contributed by atoms with E-state index in [1.54, 1.807) is 0 Å². The molecule has 0 spiro atoms. The van der Waals surface area contributed by atoms with E-state index in [-0.39, 0.29) is 0 Å². The number of rotatable bonds is 2. The second kappa shape index (κ2) is 15.8. The third kappa shape index (κ3) is 9.35. The SMILES string of the molecule is CN(C)c1ccc2c(c1)COCCOCCOCCOCCOCCOCc1cc(N(C)C)ccc1-2. The number of hydrogen-bond acceptors (Lipinski definition) is 8. The van der Waals surface area contributed by atoms with Crippen LogP contribution in [0.2, 0.25) is 0 Å². The Kier molecular flexibility index (Phi) is 12.5. The first kappa shape index (κ1) is 28.4. The van der Waals surface area contributed by atoms with E-state index in [1.165, 1.54) is 0 Å². The zero-order valence-corrected chi connectivity index (χ0v) is 22.3. The summed E-state index contributed by atoms with van der Waals surface area (Å²) in [4.78, 5) is 4.21. The number of fused-ring (bicyclic) bond motifs is 3. The van der Waals surface area contributed by atoms with Crippen molar-refractivity contribution in [2.75, 3.05) is 104 Å². The normalized spacial score (nSPS) is 17.7. The molecule has 8 heteroatoms. The van der Waals surface area contributed by atoms with Crippen LogP contribution in [0.4, 0.5) is 11.4 Å². The maximum Gasteiger partial charge on any atom is 0.0724 e. The Balaban J connectivity index is 1.81. The van der Waals surface area contributed by atoms with E-state index in [4.69, 9.17) is 28.4 Å². The minimum atomic E-state index is 0.498. The van der Waals surface area contributed by atoms with E-state index in [9.17, 15) is 0 Å². The molecule has 0 amide bonds. The molecule has 1 aliphatic rings. The lowest BCUT2D eigenvalue weighted by Crippen LogP contribution is -2.14. The van der Waals surface area contributed by atoms with Gasteiger partial charge in [0, 0.05) is 39.6 Å². The van der Waals surface area contributed by atoms with E-state index in [0.717, 1.165) is 33.6 Å². The van der Waals surface area contributed by atoms with Crippen molar-refractivity contribution in [1.29, 1.82) is 0 Å². The lowest BCUT2D eigenvalue weighted by Gasteiger charge is -2.21. The van der Waals surface area contributed by atoms with Crippen LogP contribution in [-0.2, 0) is 41.6 Å². The van der Waals surface area contributed by atoms with Gasteiger partial charge in [0.15, 0.2) is 0 Å². The molecule has 0 saturated heterocycles. The van der Waals surface area contributed by atoms with Crippen molar-refractivity contribution >= 4 is 11.4 Å².